The Labute approximate surface area is 169 Å². The number of rotatable bonds is 4. The SMILES string of the molecule is O=C(NC1(c2ccc(Br)cc2)CC1)C1CCN(c2ccccc2Br)C1=O. The van der Waals surface area contributed by atoms with Crippen molar-refractivity contribution >= 4 is 49.4 Å². The Morgan fingerprint density at radius 2 is 1.77 bits per heavy atom. The van der Waals surface area contributed by atoms with Crippen LogP contribution in [0.5, 0.6) is 0 Å². The van der Waals surface area contributed by atoms with Gasteiger partial charge in [0, 0.05) is 15.5 Å². The minimum atomic E-state index is -0.616. The first-order valence-electron chi connectivity index (χ1n) is 8.64. The number of halogens is 2. The third-order valence-corrected chi connectivity index (χ3v) is 6.37. The largest absolute Gasteiger partial charge is 0.346 e. The number of anilines is 1. The lowest BCUT2D eigenvalue weighted by Gasteiger charge is -2.21. The summed E-state index contributed by atoms with van der Waals surface area (Å²) >= 11 is 6.93. The van der Waals surface area contributed by atoms with E-state index in [0.717, 1.165) is 33.0 Å². The van der Waals surface area contributed by atoms with E-state index in [1.807, 2.05) is 48.5 Å². The van der Waals surface area contributed by atoms with Gasteiger partial charge in [-0.3, -0.25) is 9.59 Å². The van der Waals surface area contributed by atoms with Gasteiger partial charge in [-0.05, 0) is 65.0 Å². The first kappa shape index (κ1) is 17.7. The zero-order chi connectivity index (χ0) is 18.3. The van der Waals surface area contributed by atoms with Crippen LogP contribution in [-0.4, -0.2) is 18.4 Å². The highest BCUT2D eigenvalue weighted by Crippen LogP contribution is 2.46. The monoisotopic (exact) mass is 476 g/mol. The fourth-order valence-electron chi connectivity index (χ4n) is 3.54. The highest BCUT2D eigenvalue weighted by Gasteiger charge is 2.48. The molecule has 6 heteroatoms. The summed E-state index contributed by atoms with van der Waals surface area (Å²) in [6.07, 6.45) is 2.37. The van der Waals surface area contributed by atoms with Crippen molar-refractivity contribution < 1.29 is 9.59 Å². The van der Waals surface area contributed by atoms with Crippen LogP contribution in [-0.2, 0) is 15.1 Å². The minimum absolute atomic E-state index is 0.124. The summed E-state index contributed by atoms with van der Waals surface area (Å²) in [5.74, 6) is -0.902. The second kappa shape index (κ2) is 6.82. The summed E-state index contributed by atoms with van der Waals surface area (Å²) in [7, 11) is 0. The molecule has 0 aromatic heterocycles. The molecule has 1 aliphatic carbocycles. The Hall–Kier alpha value is -1.66. The Kier molecular flexibility index (Phi) is 4.65. The van der Waals surface area contributed by atoms with Crippen LogP contribution in [0.1, 0.15) is 24.8 Å². The molecule has 4 nitrogen and oxygen atoms in total. The van der Waals surface area contributed by atoms with Gasteiger partial charge in [0.1, 0.15) is 5.92 Å². The van der Waals surface area contributed by atoms with E-state index >= 15 is 0 Å². The molecular formula is C20H18Br2N2O2. The Morgan fingerprint density at radius 3 is 2.42 bits per heavy atom. The van der Waals surface area contributed by atoms with Gasteiger partial charge >= 0.3 is 0 Å². The van der Waals surface area contributed by atoms with E-state index in [4.69, 9.17) is 0 Å². The normalized spacial score (nSPS) is 20.9. The number of para-hydroxylation sites is 1. The maximum absolute atomic E-state index is 12.8. The summed E-state index contributed by atoms with van der Waals surface area (Å²) in [5.41, 5.74) is 1.61. The van der Waals surface area contributed by atoms with E-state index in [0.29, 0.717) is 13.0 Å². The number of nitrogens with zero attached hydrogens (tertiary/aromatic N) is 1. The van der Waals surface area contributed by atoms with Crippen LogP contribution >= 0.6 is 31.9 Å². The number of amides is 2. The first-order valence-corrected chi connectivity index (χ1v) is 10.2. The van der Waals surface area contributed by atoms with Gasteiger partial charge in [0.05, 0.1) is 11.2 Å². The molecule has 4 rings (SSSR count). The molecule has 0 radical (unpaired) electrons. The van der Waals surface area contributed by atoms with Crippen LogP contribution in [0.15, 0.2) is 57.5 Å². The highest BCUT2D eigenvalue weighted by molar-refractivity contribution is 9.10. The minimum Gasteiger partial charge on any atom is -0.346 e. The number of benzene rings is 2. The quantitative estimate of drug-likeness (QED) is 0.664. The summed E-state index contributed by atoms with van der Waals surface area (Å²) in [6.45, 7) is 0.560. The zero-order valence-corrected chi connectivity index (χ0v) is 17.2. The topological polar surface area (TPSA) is 49.4 Å². The molecule has 1 aliphatic heterocycles. The number of carbonyl (C=O) groups excluding carboxylic acids is 2. The van der Waals surface area contributed by atoms with Gasteiger partial charge in [-0.2, -0.15) is 0 Å². The van der Waals surface area contributed by atoms with Crippen molar-refractivity contribution in [2.75, 3.05) is 11.4 Å². The zero-order valence-electron chi connectivity index (χ0n) is 14.0. The molecule has 2 fully saturated rings. The summed E-state index contributed by atoms with van der Waals surface area (Å²) in [4.78, 5) is 27.4. The summed E-state index contributed by atoms with van der Waals surface area (Å²) in [5, 5.41) is 3.15. The van der Waals surface area contributed by atoms with Crippen molar-refractivity contribution in [2.45, 2.75) is 24.8 Å². The fourth-order valence-corrected chi connectivity index (χ4v) is 4.30. The lowest BCUT2D eigenvalue weighted by Crippen LogP contribution is -2.42. The van der Waals surface area contributed by atoms with E-state index in [9.17, 15) is 9.59 Å². The molecule has 0 spiro atoms. The lowest BCUT2D eigenvalue weighted by molar-refractivity contribution is -0.132. The lowest BCUT2D eigenvalue weighted by atomic mass is 10.0. The van der Waals surface area contributed by atoms with E-state index in [-0.39, 0.29) is 17.4 Å². The van der Waals surface area contributed by atoms with Gasteiger partial charge < -0.3 is 10.2 Å². The third kappa shape index (κ3) is 3.21. The van der Waals surface area contributed by atoms with Crippen LogP contribution in [0.3, 0.4) is 0 Å². The Balaban J connectivity index is 1.49. The van der Waals surface area contributed by atoms with Crippen LogP contribution in [0.25, 0.3) is 0 Å². The molecule has 2 amide bonds. The van der Waals surface area contributed by atoms with Crippen molar-refractivity contribution in [3.05, 3.63) is 63.0 Å². The van der Waals surface area contributed by atoms with Crippen molar-refractivity contribution in [1.29, 1.82) is 0 Å². The predicted molar refractivity (Wildman–Crippen MR) is 108 cm³/mol. The molecule has 1 heterocycles. The van der Waals surface area contributed by atoms with Crippen molar-refractivity contribution in [1.82, 2.24) is 5.32 Å². The average Bonchev–Trinajstić information content (AvgIpc) is 3.30. The van der Waals surface area contributed by atoms with Crippen molar-refractivity contribution in [3.63, 3.8) is 0 Å². The second-order valence-corrected chi connectivity index (χ2v) is 8.63. The standard InChI is InChI=1S/C20H18Br2N2O2/c21-14-7-5-13(6-8-14)20(10-11-20)23-18(25)15-9-12-24(19(15)26)17-4-2-1-3-16(17)22/h1-8,15H,9-12H2,(H,23,25). The maximum atomic E-state index is 12.8. The Bertz CT molecular complexity index is 862. The Morgan fingerprint density at radius 1 is 1.08 bits per heavy atom. The van der Waals surface area contributed by atoms with E-state index in [1.54, 1.807) is 4.90 Å². The molecule has 1 saturated carbocycles. The van der Waals surface area contributed by atoms with Crippen molar-refractivity contribution in [3.8, 4) is 0 Å². The molecule has 1 saturated heterocycles. The van der Waals surface area contributed by atoms with Crippen LogP contribution in [0.4, 0.5) is 5.69 Å². The number of hydrogen-bond acceptors (Lipinski definition) is 2. The molecule has 2 aromatic carbocycles. The van der Waals surface area contributed by atoms with E-state index in [2.05, 4.69) is 37.2 Å². The number of nitrogens with one attached hydrogen (secondary N) is 1. The van der Waals surface area contributed by atoms with Crippen LogP contribution < -0.4 is 10.2 Å². The highest BCUT2D eigenvalue weighted by atomic mass is 79.9. The van der Waals surface area contributed by atoms with Crippen LogP contribution in [0.2, 0.25) is 0 Å². The number of hydrogen-bond donors (Lipinski definition) is 1. The van der Waals surface area contributed by atoms with Gasteiger partial charge in [0.15, 0.2) is 0 Å². The van der Waals surface area contributed by atoms with Gasteiger partial charge in [-0.25, -0.2) is 0 Å². The molecule has 0 bridgehead atoms. The van der Waals surface area contributed by atoms with Gasteiger partial charge in [-0.15, -0.1) is 0 Å². The predicted octanol–water partition coefficient (Wildman–Crippen LogP) is 4.37. The molecule has 134 valence electrons. The summed E-state index contributed by atoms with van der Waals surface area (Å²) in [6, 6.07) is 15.6. The first-order chi connectivity index (χ1) is 12.5. The number of carbonyl (C=O) groups is 2. The molecule has 1 unspecified atom stereocenters. The molecule has 26 heavy (non-hydrogen) atoms. The fraction of sp³-hybridized carbons (Fsp3) is 0.300. The van der Waals surface area contributed by atoms with E-state index < -0.39 is 5.92 Å². The average molecular weight is 478 g/mol. The molecule has 1 atom stereocenters. The molecule has 2 aliphatic rings. The van der Waals surface area contributed by atoms with Gasteiger partial charge in [0.2, 0.25) is 11.8 Å². The molecule has 2 aromatic rings. The third-order valence-electron chi connectivity index (χ3n) is 5.17. The van der Waals surface area contributed by atoms with Crippen LogP contribution in [0, 0.1) is 5.92 Å². The second-order valence-electron chi connectivity index (χ2n) is 6.86. The van der Waals surface area contributed by atoms with Gasteiger partial charge in [0.25, 0.3) is 0 Å². The summed E-state index contributed by atoms with van der Waals surface area (Å²) < 4.78 is 1.88. The smallest absolute Gasteiger partial charge is 0.239 e. The maximum Gasteiger partial charge on any atom is 0.239 e. The molecular weight excluding hydrogens is 460 g/mol. The van der Waals surface area contributed by atoms with E-state index in [1.165, 1.54) is 0 Å². The van der Waals surface area contributed by atoms with Gasteiger partial charge in [-0.1, -0.05) is 40.2 Å². The van der Waals surface area contributed by atoms with Crippen molar-refractivity contribution in [2.24, 2.45) is 5.92 Å². The molecule has 1 N–H and O–H groups in total.